The monoisotopic (exact) mass is 612 g/mol. The maximum atomic E-state index is 14.6. The van der Waals surface area contributed by atoms with Crippen LogP contribution >= 0.6 is 23.2 Å². The van der Waals surface area contributed by atoms with E-state index in [9.17, 15) is 29.1 Å². The molecule has 1 atom stereocenters. The van der Waals surface area contributed by atoms with E-state index in [1.807, 2.05) is 0 Å². The first-order chi connectivity index (χ1) is 19.8. The molecule has 6 amide bonds. The minimum atomic E-state index is -3.39. The van der Waals surface area contributed by atoms with Crippen LogP contribution in [0.2, 0.25) is 10.0 Å². The molecule has 3 aromatic carbocycles. The summed E-state index contributed by atoms with van der Waals surface area (Å²) in [5.74, 6) is -6.87. The van der Waals surface area contributed by atoms with Crippen molar-refractivity contribution in [2.45, 2.75) is 17.6 Å². The zero-order valence-corrected chi connectivity index (χ0v) is 23.4. The molecule has 218 valence electrons. The van der Waals surface area contributed by atoms with Crippen LogP contribution in [0.1, 0.15) is 12.0 Å². The van der Waals surface area contributed by atoms with Gasteiger partial charge in [-0.2, -0.15) is 0 Å². The number of urea groups is 1. The van der Waals surface area contributed by atoms with E-state index < -0.39 is 59.2 Å². The fourth-order valence-corrected chi connectivity index (χ4v) is 6.07. The van der Waals surface area contributed by atoms with E-state index in [2.05, 4.69) is 0 Å². The van der Waals surface area contributed by atoms with Crippen LogP contribution in [-0.2, 0) is 24.8 Å². The predicted octanol–water partition coefficient (Wildman–Crippen LogP) is 1.51. The number of carbonyl (C=O) groups is 5. The molecule has 12 nitrogen and oxygen atoms in total. The first-order valence-electron chi connectivity index (χ1n) is 12.4. The van der Waals surface area contributed by atoms with E-state index >= 15 is 0 Å². The lowest BCUT2D eigenvalue weighted by Gasteiger charge is -2.59. The summed E-state index contributed by atoms with van der Waals surface area (Å²) in [6.07, 6.45) is -0.596. The Balaban J connectivity index is 2.09. The Bertz CT molecular complexity index is 1560. The number of benzene rings is 3. The summed E-state index contributed by atoms with van der Waals surface area (Å²) >= 11 is 12.3. The molecule has 1 unspecified atom stereocenters. The fourth-order valence-electron chi connectivity index (χ4n) is 5.78. The number of hydrogen-bond acceptors (Lipinski definition) is 6. The highest BCUT2D eigenvalue weighted by molar-refractivity contribution is 6.42. The minimum Gasteiger partial charge on any atom is -0.383 e. The van der Waals surface area contributed by atoms with Gasteiger partial charge in [0.15, 0.2) is 0 Å². The number of carbonyl (C=O) groups excluding carboxylic acids is 5. The van der Waals surface area contributed by atoms with Gasteiger partial charge in [-0.3, -0.25) is 29.0 Å². The lowest BCUT2D eigenvalue weighted by Crippen LogP contribution is -2.87. The van der Waals surface area contributed by atoms with E-state index in [-0.39, 0.29) is 27.0 Å². The molecule has 9 N–H and O–H groups in total. The lowest BCUT2D eigenvalue weighted by molar-refractivity contribution is -0.206. The van der Waals surface area contributed by atoms with Crippen LogP contribution < -0.4 is 27.8 Å². The van der Waals surface area contributed by atoms with Crippen molar-refractivity contribution >= 4 is 64.2 Å². The molecule has 0 aromatic heterocycles. The van der Waals surface area contributed by atoms with Crippen molar-refractivity contribution in [1.82, 2.24) is 4.90 Å². The highest BCUT2D eigenvalue weighted by Crippen LogP contribution is 2.56. The van der Waals surface area contributed by atoms with Crippen LogP contribution in [0.25, 0.3) is 0 Å². The van der Waals surface area contributed by atoms with E-state index in [1.165, 1.54) is 54.6 Å². The molecule has 1 saturated heterocycles. The number of nitrogens with two attached hydrogens (primary N) is 4. The summed E-state index contributed by atoms with van der Waals surface area (Å²) in [6.45, 7) is -0.622. The molecule has 3 aromatic rings. The second-order valence-corrected chi connectivity index (χ2v) is 10.4. The molecule has 14 heteroatoms. The molecule has 0 bridgehead atoms. The number of anilines is 2. The smallest absolute Gasteiger partial charge is 0.330 e. The quantitative estimate of drug-likeness (QED) is 0.249. The number of piperidine rings is 1. The first kappa shape index (κ1) is 30.3. The topological polar surface area (TPSA) is 216 Å². The van der Waals surface area contributed by atoms with E-state index in [0.717, 1.165) is 4.90 Å². The molecule has 42 heavy (non-hydrogen) atoms. The van der Waals surface area contributed by atoms with Gasteiger partial charge >= 0.3 is 6.03 Å². The highest BCUT2D eigenvalue weighted by Gasteiger charge is 2.81. The van der Waals surface area contributed by atoms with Crippen molar-refractivity contribution in [3.63, 3.8) is 0 Å². The fraction of sp³-hybridized carbons (Fsp3) is 0.179. The molecule has 0 aliphatic carbocycles. The first-order valence-corrected chi connectivity index (χ1v) is 13.1. The largest absolute Gasteiger partial charge is 0.383 e. The summed E-state index contributed by atoms with van der Waals surface area (Å²) in [5.41, 5.74) is 13.8. The number of amides is 6. The zero-order valence-electron chi connectivity index (χ0n) is 21.9. The third-order valence-corrected chi connectivity index (χ3v) is 8.31. The summed E-state index contributed by atoms with van der Waals surface area (Å²) in [6, 6.07) is 18.1. The van der Waals surface area contributed by atoms with Crippen molar-refractivity contribution in [1.29, 1.82) is 0 Å². The Morgan fingerprint density at radius 2 is 1.24 bits per heavy atom. The Morgan fingerprint density at radius 3 is 1.71 bits per heavy atom. The highest BCUT2D eigenvalue weighted by atomic mass is 35.5. The molecule has 1 aliphatic heterocycles. The summed E-state index contributed by atoms with van der Waals surface area (Å²) in [7, 11) is 0. The van der Waals surface area contributed by atoms with E-state index in [0.29, 0.717) is 4.90 Å². The van der Waals surface area contributed by atoms with Gasteiger partial charge in [-0.25, -0.2) is 4.79 Å². The number of primary amides is 4. The second-order valence-electron chi connectivity index (χ2n) is 9.60. The maximum Gasteiger partial charge on any atom is 0.330 e. The van der Waals surface area contributed by atoms with Crippen LogP contribution in [0.5, 0.6) is 0 Å². The molecular formula is C28H26Cl2N6O6. The Labute approximate surface area is 249 Å². The van der Waals surface area contributed by atoms with Crippen LogP contribution in [0.3, 0.4) is 0 Å². The normalized spacial score (nSPS) is 19.0. The molecule has 0 saturated carbocycles. The molecule has 0 spiro atoms. The summed E-state index contributed by atoms with van der Waals surface area (Å²) in [5, 5.41) is 12.4. The average molecular weight is 613 g/mol. The third-order valence-electron chi connectivity index (χ3n) is 7.57. The summed E-state index contributed by atoms with van der Waals surface area (Å²) in [4.78, 5) is 70.1. The second kappa shape index (κ2) is 11.0. The number of para-hydroxylation sites is 1. The SMILES string of the molecule is NC(=O)C1(C(N)=O)N(C(=O)N(c2ccccc2)c2ccc(Cl)c(Cl)c2)CCC(O)(c2ccccc2)C1(C(N)=O)C(N)=O. The van der Waals surface area contributed by atoms with Crippen molar-refractivity contribution in [3.8, 4) is 0 Å². The van der Waals surface area contributed by atoms with Crippen molar-refractivity contribution in [3.05, 3.63) is 94.5 Å². The van der Waals surface area contributed by atoms with Crippen LogP contribution in [0.15, 0.2) is 78.9 Å². The van der Waals surface area contributed by atoms with Crippen molar-refractivity contribution in [2.75, 3.05) is 11.4 Å². The van der Waals surface area contributed by atoms with Gasteiger partial charge in [0.25, 0.3) is 11.8 Å². The molecular weight excluding hydrogens is 587 g/mol. The van der Waals surface area contributed by atoms with Crippen LogP contribution in [-0.4, -0.2) is 51.7 Å². The molecule has 1 heterocycles. The van der Waals surface area contributed by atoms with Gasteiger partial charge < -0.3 is 28.0 Å². The van der Waals surface area contributed by atoms with Crippen LogP contribution in [0.4, 0.5) is 16.2 Å². The Kier molecular flexibility index (Phi) is 7.92. The standard InChI is InChI=1S/C28H26Cl2N6O6/c29-19-12-11-18(15-20(19)30)36(17-9-5-2-6-10-17)25(41)35-14-13-26(42,16-7-3-1-4-8-16)27(21(31)37,22(32)38)28(35,23(33)39)24(34)40/h1-12,15,42H,13-14H2,(H2,31,37)(H2,32,38)(H2,33,39)(H2,34,40). The predicted molar refractivity (Wildman–Crippen MR) is 154 cm³/mol. The molecule has 1 aliphatic rings. The number of likely N-dealkylation sites (tertiary alicyclic amines) is 1. The van der Waals surface area contributed by atoms with E-state index in [4.69, 9.17) is 46.1 Å². The average Bonchev–Trinajstić information content (AvgIpc) is 2.95. The Hall–Kier alpha value is -4.65. The van der Waals surface area contributed by atoms with Gasteiger partial charge in [0.1, 0.15) is 5.60 Å². The van der Waals surface area contributed by atoms with E-state index in [1.54, 1.807) is 24.3 Å². The maximum absolute atomic E-state index is 14.6. The molecule has 1 fully saturated rings. The number of rotatable bonds is 7. The van der Waals surface area contributed by atoms with Gasteiger partial charge in [-0.05, 0) is 42.3 Å². The number of hydrogen-bond donors (Lipinski definition) is 5. The van der Waals surface area contributed by atoms with Gasteiger partial charge in [0.05, 0.1) is 21.4 Å². The van der Waals surface area contributed by atoms with Gasteiger partial charge in [0.2, 0.25) is 22.8 Å². The number of aliphatic hydroxyl groups is 1. The Morgan fingerprint density at radius 1 is 0.714 bits per heavy atom. The molecule has 0 radical (unpaired) electrons. The lowest BCUT2D eigenvalue weighted by atomic mass is 9.52. The van der Waals surface area contributed by atoms with Crippen molar-refractivity contribution in [2.24, 2.45) is 28.3 Å². The van der Waals surface area contributed by atoms with Crippen molar-refractivity contribution < 1.29 is 29.1 Å². The van der Waals surface area contributed by atoms with Gasteiger partial charge in [-0.1, -0.05) is 71.7 Å². The number of halogens is 2. The zero-order chi connectivity index (χ0) is 31.0. The minimum absolute atomic E-state index is 0.0553. The van der Waals surface area contributed by atoms with Gasteiger partial charge in [-0.15, -0.1) is 0 Å². The number of nitrogens with zero attached hydrogens (tertiary/aromatic N) is 2. The van der Waals surface area contributed by atoms with Gasteiger partial charge in [0, 0.05) is 6.54 Å². The third kappa shape index (κ3) is 4.14. The molecule has 4 rings (SSSR count). The summed E-state index contributed by atoms with van der Waals surface area (Å²) < 4.78 is 0. The van der Waals surface area contributed by atoms with Crippen LogP contribution in [0, 0.1) is 5.41 Å².